The van der Waals surface area contributed by atoms with Crippen LogP contribution in [0.2, 0.25) is 12.6 Å². The number of anilines is 1. The maximum Gasteiger partial charge on any atom is 0.269 e. The van der Waals surface area contributed by atoms with Gasteiger partial charge in [-0.15, -0.1) is 10.2 Å². The first kappa shape index (κ1) is 30.5. The molecule has 3 rings (SSSR count). The van der Waals surface area contributed by atoms with Crippen molar-refractivity contribution in [3.8, 4) is 5.97 Å². The molecule has 2 fully saturated rings. The van der Waals surface area contributed by atoms with E-state index >= 15 is 0 Å². The fourth-order valence-electron chi connectivity index (χ4n) is 5.53. The molecule has 38 heavy (non-hydrogen) atoms. The molecule has 0 aromatic carbocycles. The minimum Gasteiger partial charge on any atom is -0.355 e. The number of hydrogen-bond donors (Lipinski definition) is 3. The van der Waals surface area contributed by atoms with Gasteiger partial charge in [0, 0.05) is 30.9 Å². The molecule has 14 heteroatoms. The predicted molar refractivity (Wildman–Crippen MR) is 148 cm³/mol. The lowest BCUT2D eigenvalue weighted by Crippen LogP contribution is -2.51. The molecule has 2 aliphatic rings. The van der Waals surface area contributed by atoms with Crippen molar-refractivity contribution in [2.24, 2.45) is 23.2 Å². The molecular weight excluding hydrogens is 525 g/mol. The van der Waals surface area contributed by atoms with E-state index in [-0.39, 0.29) is 51.2 Å². The average molecular weight is 566 g/mol. The highest BCUT2D eigenvalue weighted by Gasteiger charge is 2.48. The quantitative estimate of drug-likeness (QED) is 0.243. The number of sulfonamides is 1. The van der Waals surface area contributed by atoms with E-state index in [0.29, 0.717) is 12.9 Å². The van der Waals surface area contributed by atoms with E-state index in [1.54, 1.807) is 0 Å². The van der Waals surface area contributed by atoms with E-state index in [9.17, 15) is 23.3 Å². The highest BCUT2D eigenvalue weighted by molar-refractivity contribution is 7.91. The first-order valence-corrected chi connectivity index (χ1v) is 15.8. The van der Waals surface area contributed by atoms with E-state index in [2.05, 4.69) is 43.3 Å². The van der Waals surface area contributed by atoms with Crippen molar-refractivity contribution >= 4 is 45.0 Å². The second-order valence-electron chi connectivity index (χ2n) is 11.0. The summed E-state index contributed by atoms with van der Waals surface area (Å²) in [6.07, 6.45) is 6.06. The molecule has 2 amide bonds. The van der Waals surface area contributed by atoms with Crippen molar-refractivity contribution in [3.05, 3.63) is 0 Å². The minimum atomic E-state index is -3.68. The summed E-state index contributed by atoms with van der Waals surface area (Å²) in [6, 6.07) is 0. The van der Waals surface area contributed by atoms with Crippen LogP contribution < -0.4 is 15.4 Å². The Balaban J connectivity index is 1.37. The van der Waals surface area contributed by atoms with Crippen LogP contribution in [-0.4, -0.2) is 75.3 Å². The zero-order valence-electron chi connectivity index (χ0n) is 22.8. The average Bonchev–Trinajstić information content (AvgIpc) is 3.34. The second kappa shape index (κ2) is 13.3. The summed E-state index contributed by atoms with van der Waals surface area (Å²) in [5.74, 6) is 2.21. The van der Waals surface area contributed by atoms with Crippen molar-refractivity contribution in [1.82, 2.24) is 25.1 Å². The van der Waals surface area contributed by atoms with Gasteiger partial charge in [-0.3, -0.25) is 9.59 Å². The molecule has 0 bridgehead atoms. The third-order valence-electron chi connectivity index (χ3n) is 8.01. The van der Waals surface area contributed by atoms with Gasteiger partial charge >= 0.3 is 0 Å². The van der Waals surface area contributed by atoms with Crippen LogP contribution in [0.25, 0.3) is 0 Å². The Kier molecular flexibility index (Phi) is 10.7. The number of nitrogens with one attached hydrogen (secondary N) is 3. The van der Waals surface area contributed by atoms with Crippen molar-refractivity contribution in [2.45, 2.75) is 69.9 Å². The molecule has 1 aliphatic heterocycles. The second-order valence-corrected chi connectivity index (χ2v) is 14.0. The molecule has 210 valence electrons. The van der Waals surface area contributed by atoms with Crippen LogP contribution in [0.3, 0.4) is 0 Å². The Labute approximate surface area is 230 Å². The van der Waals surface area contributed by atoms with Crippen LogP contribution in [0.4, 0.5) is 5.13 Å². The summed E-state index contributed by atoms with van der Waals surface area (Å²) < 4.78 is 25.6. The van der Waals surface area contributed by atoms with E-state index < -0.39 is 10.0 Å². The molecule has 1 aromatic rings. The summed E-state index contributed by atoms with van der Waals surface area (Å²) in [5.41, 5.74) is 0.178. The summed E-state index contributed by atoms with van der Waals surface area (Å²) in [4.78, 5) is 27.8. The summed E-state index contributed by atoms with van der Waals surface area (Å²) in [6.45, 7) is 9.34. The molecule has 1 saturated carbocycles. The summed E-state index contributed by atoms with van der Waals surface area (Å²) >= 11 is 0.835. The molecule has 11 nitrogen and oxygen atoms in total. The van der Waals surface area contributed by atoms with E-state index in [4.69, 9.17) is 0 Å². The number of likely N-dealkylation sites (tertiary alicyclic amines) is 1. The molecular formula is C24H40BN7O4S2. The number of amides is 2. The number of carbonyl (C=O) groups excluding carboxylic acids is 2. The van der Waals surface area contributed by atoms with Crippen molar-refractivity contribution in [3.63, 3.8) is 0 Å². The molecule has 1 aromatic heterocycles. The van der Waals surface area contributed by atoms with Gasteiger partial charge in [0.25, 0.3) is 16.7 Å². The first-order chi connectivity index (χ1) is 18.0. The smallest absolute Gasteiger partial charge is 0.269 e. The third kappa shape index (κ3) is 7.74. The van der Waals surface area contributed by atoms with Crippen LogP contribution in [0, 0.1) is 34.4 Å². The fraction of sp³-hybridized carbons (Fsp3) is 0.792. The molecule has 0 radical (unpaired) electrons. The largest absolute Gasteiger partial charge is 0.355 e. The molecule has 1 spiro atoms. The van der Waals surface area contributed by atoms with Gasteiger partial charge in [0.15, 0.2) is 0 Å². The van der Waals surface area contributed by atoms with Gasteiger partial charge in [0.05, 0.1) is 0 Å². The monoisotopic (exact) mass is 565 g/mol. The van der Waals surface area contributed by atoms with Crippen molar-refractivity contribution < 1.29 is 18.0 Å². The summed E-state index contributed by atoms with van der Waals surface area (Å²) in [7, 11) is -2.38. The van der Waals surface area contributed by atoms with Crippen LogP contribution in [0.5, 0.6) is 0 Å². The maximum atomic E-state index is 12.8. The Morgan fingerprint density at radius 2 is 1.95 bits per heavy atom. The van der Waals surface area contributed by atoms with E-state index in [0.717, 1.165) is 69.4 Å². The SMILES string of the molecule is CCCB(C#N)CC(C(=O)NCCN1CCC2(CC1)CC(C(=O)Nc1nnc(S(=O)(=O)NC)s1)C2)C(C)C. The lowest BCUT2D eigenvalue weighted by molar-refractivity contribution is -0.129. The number of nitrogens with zero attached hydrogens (tertiary/aromatic N) is 4. The minimum absolute atomic E-state index is 0.0452. The normalized spacial score (nSPS) is 18.5. The molecule has 1 aliphatic carbocycles. The first-order valence-electron chi connectivity index (χ1n) is 13.5. The van der Waals surface area contributed by atoms with Crippen LogP contribution in [0.1, 0.15) is 52.9 Å². The number of hydrogen-bond acceptors (Lipinski definition) is 9. The van der Waals surface area contributed by atoms with Crippen LogP contribution in [0.15, 0.2) is 4.34 Å². The van der Waals surface area contributed by atoms with Gasteiger partial charge in [0.1, 0.15) is 0 Å². The number of nitriles is 1. The lowest BCUT2D eigenvalue weighted by atomic mass is 9.43. The Bertz CT molecular complexity index is 1110. The highest BCUT2D eigenvalue weighted by Crippen LogP contribution is 2.52. The van der Waals surface area contributed by atoms with Gasteiger partial charge in [-0.05, 0) is 63.5 Å². The highest BCUT2D eigenvalue weighted by atomic mass is 32.2. The van der Waals surface area contributed by atoms with Gasteiger partial charge in [-0.2, -0.15) is 0 Å². The van der Waals surface area contributed by atoms with Gasteiger partial charge in [0.2, 0.25) is 21.3 Å². The van der Waals surface area contributed by atoms with Crippen molar-refractivity contribution in [2.75, 3.05) is 38.5 Å². The zero-order chi connectivity index (χ0) is 27.9. The van der Waals surface area contributed by atoms with E-state index in [1.807, 2.05) is 13.8 Å². The number of aromatic nitrogens is 2. The molecule has 3 N–H and O–H groups in total. The Morgan fingerprint density at radius 1 is 1.26 bits per heavy atom. The number of piperidine rings is 1. The standard InChI is InChI=1S/C24H40BN7O4S2/c1-5-8-25(16-26)15-19(17(2)3)21(34)28-9-12-32-10-6-24(7-11-32)13-18(14-24)20(33)29-22-30-31-23(37-22)38(35,36)27-4/h17-19,27H,5-15H2,1-4H3,(H,28,34)(H,29,30,33). The molecule has 1 saturated heterocycles. The summed E-state index contributed by atoms with van der Waals surface area (Å²) in [5, 5.41) is 22.8. The molecule has 2 heterocycles. The Morgan fingerprint density at radius 3 is 2.53 bits per heavy atom. The number of carbonyl (C=O) groups is 2. The van der Waals surface area contributed by atoms with E-state index in [1.165, 1.54) is 7.05 Å². The topological polar surface area (TPSA) is 157 Å². The van der Waals surface area contributed by atoms with Gasteiger partial charge < -0.3 is 15.5 Å². The van der Waals surface area contributed by atoms with Gasteiger partial charge in [-0.25, -0.2) is 18.4 Å². The fourth-order valence-corrected chi connectivity index (χ4v) is 7.26. The van der Waals surface area contributed by atoms with Crippen molar-refractivity contribution in [1.29, 1.82) is 5.26 Å². The van der Waals surface area contributed by atoms with Gasteiger partial charge in [-0.1, -0.05) is 44.8 Å². The number of rotatable bonds is 13. The maximum absolute atomic E-state index is 12.8. The molecule has 1 unspecified atom stereocenters. The zero-order valence-corrected chi connectivity index (χ0v) is 24.5. The Hall–Kier alpha value is -2.08. The predicted octanol–water partition coefficient (Wildman–Crippen LogP) is 2.23. The third-order valence-corrected chi connectivity index (χ3v) is 10.6. The molecule has 1 atom stereocenters. The van der Waals surface area contributed by atoms with Crippen LogP contribution in [-0.2, 0) is 19.6 Å². The van der Waals surface area contributed by atoms with Crippen LogP contribution >= 0.6 is 11.3 Å². The lowest BCUT2D eigenvalue weighted by Gasteiger charge is -2.51.